The van der Waals surface area contributed by atoms with E-state index in [1.165, 1.54) is 12.5 Å². The molecule has 0 aliphatic carbocycles. The van der Waals surface area contributed by atoms with Gasteiger partial charge in [0, 0.05) is 0 Å². The third-order valence-electron chi connectivity index (χ3n) is 0.864. The summed E-state index contributed by atoms with van der Waals surface area (Å²) in [5.74, 6) is 0.229. The lowest BCUT2D eigenvalue weighted by atomic mass is 10.3. The Morgan fingerprint density at radius 3 is 2.89 bits per heavy atom. The monoisotopic (exact) mass is 120 g/mol. The van der Waals surface area contributed by atoms with Crippen LogP contribution in [-0.2, 0) is 0 Å². The first-order valence-corrected chi connectivity index (χ1v) is 2.30. The second kappa shape index (κ2) is 2.09. The number of anilines is 1. The summed E-state index contributed by atoms with van der Waals surface area (Å²) in [7, 11) is 0. The van der Waals surface area contributed by atoms with Crippen molar-refractivity contribution in [2.75, 3.05) is 5.73 Å². The Hall–Kier alpha value is -1.63. The van der Waals surface area contributed by atoms with E-state index in [-0.39, 0.29) is 5.82 Å². The van der Waals surface area contributed by atoms with E-state index in [0.29, 0.717) is 5.56 Å². The quantitative estimate of drug-likeness (QED) is 0.520. The maximum Gasteiger partial charge on any atom is 0.144 e. The zero-order valence-corrected chi connectivity index (χ0v) is 4.57. The summed E-state index contributed by atoms with van der Waals surface area (Å²) in [6, 6.07) is 1.85. The molecule has 0 fully saturated rings. The summed E-state index contributed by atoms with van der Waals surface area (Å²) < 4.78 is 0. The largest absolute Gasteiger partial charge is 0.382 e. The van der Waals surface area contributed by atoms with Gasteiger partial charge in [0.25, 0.3) is 0 Å². The number of nitriles is 1. The molecule has 9 heavy (non-hydrogen) atoms. The summed E-state index contributed by atoms with van der Waals surface area (Å²) in [5.41, 5.74) is 5.57. The summed E-state index contributed by atoms with van der Waals surface area (Å²) in [6.45, 7) is 0. The highest BCUT2D eigenvalue weighted by Crippen LogP contribution is 2.00. The maximum atomic E-state index is 8.31. The molecule has 1 rings (SSSR count). The molecule has 4 heteroatoms. The van der Waals surface area contributed by atoms with Crippen molar-refractivity contribution < 1.29 is 0 Å². The minimum atomic E-state index is 0.229. The predicted molar refractivity (Wildman–Crippen MR) is 31.2 cm³/mol. The van der Waals surface area contributed by atoms with E-state index >= 15 is 0 Å². The Labute approximate surface area is 52.0 Å². The summed E-state index contributed by atoms with van der Waals surface area (Å²) in [5, 5.41) is 8.31. The molecule has 0 spiro atoms. The fraction of sp³-hybridized carbons (Fsp3) is 0. The van der Waals surface area contributed by atoms with Crippen molar-refractivity contribution in [2.24, 2.45) is 0 Å². The number of hydrogen-bond acceptors (Lipinski definition) is 4. The minimum absolute atomic E-state index is 0.229. The molecular formula is C5H4N4. The molecule has 1 heterocycles. The molecule has 0 unspecified atom stereocenters. The highest BCUT2D eigenvalue weighted by atomic mass is 14.9. The highest BCUT2D eigenvalue weighted by Gasteiger charge is 1.93. The number of nitrogens with zero attached hydrogens (tertiary/aromatic N) is 3. The fourth-order valence-electron chi connectivity index (χ4n) is 0.425. The van der Waals surface area contributed by atoms with Gasteiger partial charge in [-0.25, -0.2) is 9.97 Å². The standard InChI is InChI=1S/C5H4N4/c6-1-4-2-8-3-9-5(4)7/h2-3H,(H2,7,8,9). The molecule has 2 N–H and O–H groups in total. The zero-order valence-electron chi connectivity index (χ0n) is 4.57. The van der Waals surface area contributed by atoms with Crippen LogP contribution in [0.1, 0.15) is 5.56 Å². The Kier molecular flexibility index (Phi) is 1.28. The van der Waals surface area contributed by atoms with Crippen LogP contribution in [0.15, 0.2) is 12.5 Å². The van der Waals surface area contributed by atoms with Crippen LogP contribution in [0.25, 0.3) is 0 Å². The van der Waals surface area contributed by atoms with E-state index in [1.807, 2.05) is 6.07 Å². The lowest BCUT2D eigenvalue weighted by molar-refractivity contribution is 1.16. The summed E-state index contributed by atoms with van der Waals surface area (Å²) >= 11 is 0. The normalized spacial score (nSPS) is 8.33. The van der Waals surface area contributed by atoms with Gasteiger partial charge in [0.2, 0.25) is 0 Å². The van der Waals surface area contributed by atoms with Crippen LogP contribution in [-0.4, -0.2) is 9.97 Å². The van der Waals surface area contributed by atoms with Crippen molar-refractivity contribution in [3.63, 3.8) is 0 Å². The smallest absolute Gasteiger partial charge is 0.144 e. The molecule has 1 aromatic heterocycles. The molecule has 0 amide bonds. The fourth-order valence-corrected chi connectivity index (χ4v) is 0.425. The highest BCUT2D eigenvalue weighted by molar-refractivity contribution is 5.45. The van der Waals surface area contributed by atoms with Crippen LogP contribution in [0.4, 0.5) is 5.82 Å². The van der Waals surface area contributed by atoms with Crippen molar-refractivity contribution in [3.8, 4) is 6.07 Å². The van der Waals surface area contributed by atoms with Crippen molar-refractivity contribution in [3.05, 3.63) is 18.1 Å². The Balaban J connectivity index is 3.20. The summed E-state index contributed by atoms with van der Waals surface area (Å²) in [6.07, 6.45) is 2.68. The van der Waals surface area contributed by atoms with Gasteiger partial charge in [-0.05, 0) is 0 Å². The van der Waals surface area contributed by atoms with Crippen LogP contribution in [0.3, 0.4) is 0 Å². The van der Waals surface area contributed by atoms with Gasteiger partial charge in [-0.15, -0.1) is 0 Å². The number of hydrogen-bond donors (Lipinski definition) is 1. The Bertz CT molecular complexity index is 249. The molecule has 4 nitrogen and oxygen atoms in total. The number of nitrogens with two attached hydrogens (primary N) is 1. The molecule has 0 atom stereocenters. The van der Waals surface area contributed by atoms with Crippen LogP contribution in [0.2, 0.25) is 0 Å². The van der Waals surface area contributed by atoms with Crippen LogP contribution in [0.5, 0.6) is 0 Å². The SMILES string of the molecule is N#Cc1cncnc1N. The van der Waals surface area contributed by atoms with Gasteiger partial charge in [-0.1, -0.05) is 0 Å². The average Bonchev–Trinajstić information content (AvgIpc) is 1.89. The lowest BCUT2D eigenvalue weighted by Gasteiger charge is -1.89. The molecule has 0 saturated heterocycles. The third kappa shape index (κ3) is 0.941. The molecule has 0 aliphatic heterocycles. The zero-order chi connectivity index (χ0) is 6.69. The molecule has 0 aromatic carbocycles. The van der Waals surface area contributed by atoms with E-state index in [9.17, 15) is 0 Å². The first kappa shape index (κ1) is 5.51. The predicted octanol–water partition coefficient (Wildman–Crippen LogP) is -0.0695. The molecule has 0 aliphatic rings. The van der Waals surface area contributed by atoms with Crippen molar-refractivity contribution in [1.82, 2.24) is 9.97 Å². The first-order chi connectivity index (χ1) is 4.34. The first-order valence-electron chi connectivity index (χ1n) is 2.30. The second-order valence-electron chi connectivity index (χ2n) is 1.43. The molecular weight excluding hydrogens is 116 g/mol. The van der Waals surface area contributed by atoms with E-state index in [2.05, 4.69) is 9.97 Å². The lowest BCUT2D eigenvalue weighted by Crippen LogP contribution is -1.93. The number of nitrogen functional groups attached to an aromatic ring is 1. The molecule has 44 valence electrons. The summed E-state index contributed by atoms with van der Waals surface area (Å²) in [4.78, 5) is 7.20. The van der Waals surface area contributed by atoms with E-state index in [0.717, 1.165) is 0 Å². The molecule has 0 bridgehead atoms. The number of rotatable bonds is 0. The van der Waals surface area contributed by atoms with Gasteiger partial charge in [-0.3, -0.25) is 0 Å². The topological polar surface area (TPSA) is 75.6 Å². The van der Waals surface area contributed by atoms with Gasteiger partial charge in [-0.2, -0.15) is 5.26 Å². The van der Waals surface area contributed by atoms with Gasteiger partial charge in [0.05, 0.1) is 6.20 Å². The Morgan fingerprint density at radius 2 is 2.44 bits per heavy atom. The van der Waals surface area contributed by atoms with E-state index < -0.39 is 0 Å². The minimum Gasteiger partial charge on any atom is -0.382 e. The second-order valence-corrected chi connectivity index (χ2v) is 1.43. The average molecular weight is 120 g/mol. The van der Waals surface area contributed by atoms with E-state index in [4.69, 9.17) is 11.0 Å². The van der Waals surface area contributed by atoms with Crippen molar-refractivity contribution >= 4 is 5.82 Å². The Morgan fingerprint density at radius 1 is 1.67 bits per heavy atom. The van der Waals surface area contributed by atoms with Crippen molar-refractivity contribution in [1.29, 1.82) is 5.26 Å². The van der Waals surface area contributed by atoms with Crippen molar-refractivity contribution in [2.45, 2.75) is 0 Å². The van der Waals surface area contributed by atoms with Gasteiger partial charge in [0.15, 0.2) is 0 Å². The van der Waals surface area contributed by atoms with Crippen LogP contribution in [0, 0.1) is 11.3 Å². The van der Waals surface area contributed by atoms with Gasteiger partial charge < -0.3 is 5.73 Å². The van der Waals surface area contributed by atoms with Crippen LogP contribution >= 0.6 is 0 Å². The maximum absolute atomic E-state index is 8.31. The molecule has 0 radical (unpaired) electrons. The van der Waals surface area contributed by atoms with Crippen LogP contribution < -0.4 is 5.73 Å². The van der Waals surface area contributed by atoms with Gasteiger partial charge in [0.1, 0.15) is 23.8 Å². The number of aromatic nitrogens is 2. The molecule has 0 saturated carbocycles. The van der Waals surface area contributed by atoms with Gasteiger partial charge >= 0.3 is 0 Å². The van der Waals surface area contributed by atoms with E-state index in [1.54, 1.807) is 0 Å². The third-order valence-corrected chi connectivity index (χ3v) is 0.864. The molecule has 1 aromatic rings.